The van der Waals surface area contributed by atoms with Gasteiger partial charge in [0, 0.05) is 50.8 Å². The van der Waals surface area contributed by atoms with Crippen molar-refractivity contribution in [2.24, 2.45) is 0 Å². The number of para-hydroxylation sites is 1. The van der Waals surface area contributed by atoms with Crippen molar-refractivity contribution in [3.63, 3.8) is 0 Å². The van der Waals surface area contributed by atoms with E-state index in [0.717, 1.165) is 19.6 Å². The number of rotatable bonds is 8. The molecule has 2 saturated heterocycles. The van der Waals surface area contributed by atoms with Gasteiger partial charge < -0.3 is 24.0 Å². The first-order valence-electron chi connectivity index (χ1n) is 11.5. The second-order valence-electron chi connectivity index (χ2n) is 8.36. The summed E-state index contributed by atoms with van der Waals surface area (Å²) in [6.45, 7) is 5.20. The van der Waals surface area contributed by atoms with Gasteiger partial charge in [0.25, 0.3) is 11.8 Å². The smallest absolute Gasteiger partial charge is 0.260 e. The molecule has 2 fully saturated rings. The number of benzene rings is 2. The highest BCUT2D eigenvalue weighted by atomic mass is 35.5. The Kier molecular flexibility index (Phi) is 8.62. The number of hydrogen-bond acceptors (Lipinski definition) is 6. The van der Waals surface area contributed by atoms with Crippen LogP contribution in [0.15, 0.2) is 54.6 Å². The maximum Gasteiger partial charge on any atom is 0.260 e. The normalized spacial score (nSPS) is 19.0. The van der Waals surface area contributed by atoms with Crippen LogP contribution >= 0.6 is 11.6 Å². The topological polar surface area (TPSA) is 71.6 Å². The van der Waals surface area contributed by atoms with Gasteiger partial charge in [-0.25, -0.2) is 0 Å². The van der Waals surface area contributed by atoms with Crippen LogP contribution < -0.4 is 9.47 Å². The zero-order valence-corrected chi connectivity index (χ0v) is 19.9. The van der Waals surface area contributed by atoms with E-state index in [-0.39, 0.29) is 31.1 Å². The molecule has 0 saturated carbocycles. The second kappa shape index (κ2) is 12.1. The summed E-state index contributed by atoms with van der Waals surface area (Å²) in [5, 5.41) is 0.625. The molecule has 2 amide bonds. The molecule has 2 heterocycles. The highest BCUT2D eigenvalue weighted by Crippen LogP contribution is 2.16. The zero-order valence-electron chi connectivity index (χ0n) is 19.1. The van der Waals surface area contributed by atoms with Gasteiger partial charge in [0.05, 0.1) is 12.7 Å². The van der Waals surface area contributed by atoms with Gasteiger partial charge in [-0.05, 0) is 36.4 Å². The first-order chi connectivity index (χ1) is 16.6. The lowest BCUT2D eigenvalue weighted by Crippen LogP contribution is -2.55. The first-order valence-corrected chi connectivity index (χ1v) is 11.9. The summed E-state index contributed by atoms with van der Waals surface area (Å²) in [6, 6.07) is 16.3. The zero-order chi connectivity index (χ0) is 23.8. The molecular weight excluding hydrogens is 458 g/mol. The minimum absolute atomic E-state index is 0.00474. The summed E-state index contributed by atoms with van der Waals surface area (Å²) in [7, 11) is 0. The van der Waals surface area contributed by atoms with Crippen molar-refractivity contribution in [3.05, 3.63) is 59.6 Å². The summed E-state index contributed by atoms with van der Waals surface area (Å²) in [5.41, 5.74) is 0. The predicted molar refractivity (Wildman–Crippen MR) is 128 cm³/mol. The maximum absolute atomic E-state index is 12.6. The molecule has 182 valence electrons. The van der Waals surface area contributed by atoms with E-state index in [1.807, 2.05) is 35.2 Å². The van der Waals surface area contributed by atoms with Crippen LogP contribution in [0.2, 0.25) is 5.02 Å². The predicted octanol–water partition coefficient (Wildman–Crippen LogP) is 2.17. The first kappa shape index (κ1) is 24.3. The molecule has 0 aromatic heterocycles. The standard InChI is InChI=1S/C25H30ClN3O5/c26-20-6-8-22(9-7-20)34-19-25(31)29-14-15-32-23(17-29)16-27-10-12-28(13-11-27)24(30)18-33-21-4-2-1-3-5-21/h1-9,23H,10-19H2. The van der Waals surface area contributed by atoms with Gasteiger partial charge in [-0.1, -0.05) is 29.8 Å². The molecule has 2 aromatic carbocycles. The number of amides is 2. The fourth-order valence-electron chi connectivity index (χ4n) is 4.04. The monoisotopic (exact) mass is 487 g/mol. The number of halogens is 1. The molecule has 4 rings (SSSR count). The summed E-state index contributed by atoms with van der Waals surface area (Å²) in [5.74, 6) is 1.25. The number of carbonyl (C=O) groups excluding carboxylic acids is 2. The highest BCUT2D eigenvalue weighted by molar-refractivity contribution is 6.30. The molecule has 2 aromatic rings. The van der Waals surface area contributed by atoms with E-state index in [1.165, 1.54) is 0 Å². The van der Waals surface area contributed by atoms with Gasteiger partial charge in [0.1, 0.15) is 11.5 Å². The van der Waals surface area contributed by atoms with Crippen LogP contribution in [0.5, 0.6) is 11.5 Å². The van der Waals surface area contributed by atoms with Gasteiger partial charge in [0.15, 0.2) is 13.2 Å². The second-order valence-corrected chi connectivity index (χ2v) is 8.79. The lowest BCUT2D eigenvalue weighted by molar-refractivity contribution is -0.142. The molecule has 0 aliphatic carbocycles. The molecule has 1 atom stereocenters. The fourth-order valence-corrected chi connectivity index (χ4v) is 4.17. The average molecular weight is 488 g/mol. The van der Waals surface area contributed by atoms with Gasteiger partial charge in [-0.3, -0.25) is 14.5 Å². The SMILES string of the molecule is O=C(COc1ccccc1)N1CCN(CC2CN(C(=O)COc3ccc(Cl)cc3)CCO2)CC1. The molecule has 8 nitrogen and oxygen atoms in total. The maximum atomic E-state index is 12.6. The van der Waals surface area contributed by atoms with Crippen molar-refractivity contribution in [1.29, 1.82) is 0 Å². The van der Waals surface area contributed by atoms with E-state index in [4.69, 9.17) is 25.8 Å². The van der Waals surface area contributed by atoms with Gasteiger partial charge >= 0.3 is 0 Å². The molecule has 34 heavy (non-hydrogen) atoms. The number of ether oxygens (including phenoxy) is 3. The molecule has 2 aliphatic rings. The number of piperazine rings is 1. The quantitative estimate of drug-likeness (QED) is 0.568. The average Bonchev–Trinajstić information content (AvgIpc) is 2.88. The number of morpholine rings is 1. The van der Waals surface area contributed by atoms with Crippen molar-refractivity contribution >= 4 is 23.4 Å². The Morgan fingerprint density at radius 2 is 1.44 bits per heavy atom. The summed E-state index contributed by atoms with van der Waals surface area (Å²) < 4.78 is 17.1. The molecular formula is C25H30ClN3O5. The van der Waals surface area contributed by atoms with Crippen molar-refractivity contribution in [1.82, 2.24) is 14.7 Å². The van der Waals surface area contributed by atoms with Crippen LogP contribution in [0, 0.1) is 0 Å². The minimum Gasteiger partial charge on any atom is -0.484 e. The Labute approximate surface area is 204 Å². The number of nitrogens with zero attached hydrogens (tertiary/aromatic N) is 3. The van der Waals surface area contributed by atoms with Crippen LogP contribution in [0.25, 0.3) is 0 Å². The van der Waals surface area contributed by atoms with Crippen LogP contribution in [-0.4, -0.2) is 98.3 Å². The highest BCUT2D eigenvalue weighted by Gasteiger charge is 2.28. The molecule has 1 unspecified atom stereocenters. The van der Waals surface area contributed by atoms with Gasteiger partial charge in [-0.15, -0.1) is 0 Å². The van der Waals surface area contributed by atoms with Crippen LogP contribution in [0.1, 0.15) is 0 Å². The molecule has 2 aliphatic heterocycles. The van der Waals surface area contributed by atoms with Crippen LogP contribution in [-0.2, 0) is 14.3 Å². The molecule has 9 heteroatoms. The van der Waals surface area contributed by atoms with Crippen LogP contribution in [0.3, 0.4) is 0 Å². The van der Waals surface area contributed by atoms with E-state index >= 15 is 0 Å². The third kappa shape index (κ3) is 7.09. The largest absolute Gasteiger partial charge is 0.484 e. The van der Waals surface area contributed by atoms with E-state index < -0.39 is 0 Å². The Morgan fingerprint density at radius 1 is 0.824 bits per heavy atom. The fraction of sp³-hybridized carbons (Fsp3) is 0.440. The van der Waals surface area contributed by atoms with Crippen molar-refractivity contribution < 1.29 is 23.8 Å². The van der Waals surface area contributed by atoms with Gasteiger partial charge in [0.2, 0.25) is 0 Å². The van der Waals surface area contributed by atoms with Crippen molar-refractivity contribution in [2.45, 2.75) is 6.10 Å². The van der Waals surface area contributed by atoms with Crippen molar-refractivity contribution in [2.75, 3.05) is 65.6 Å². The lowest BCUT2D eigenvalue weighted by atomic mass is 10.2. The molecule has 0 radical (unpaired) electrons. The summed E-state index contributed by atoms with van der Waals surface area (Å²) in [6.07, 6.45) is -0.0584. The minimum atomic E-state index is -0.0584. The Hall–Kier alpha value is -2.81. The molecule has 0 spiro atoms. The number of carbonyl (C=O) groups is 2. The third-order valence-electron chi connectivity index (χ3n) is 5.96. The Bertz CT molecular complexity index is 935. The summed E-state index contributed by atoms with van der Waals surface area (Å²) >= 11 is 5.88. The summed E-state index contributed by atoms with van der Waals surface area (Å²) in [4.78, 5) is 31.0. The Morgan fingerprint density at radius 3 is 2.12 bits per heavy atom. The van der Waals surface area contributed by atoms with Crippen LogP contribution in [0.4, 0.5) is 0 Å². The van der Waals surface area contributed by atoms with Crippen molar-refractivity contribution in [3.8, 4) is 11.5 Å². The van der Waals surface area contributed by atoms with E-state index in [0.29, 0.717) is 49.3 Å². The number of hydrogen-bond donors (Lipinski definition) is 0. The lowest BCUT2D eigenvalue weighted by Gasteiger charge is -2.39. The van der Waals surface area contributed by atoms with E-state index in [9.17, 15) is 9.59 Å². The van der Waals surface area contributed by atoms with E-state index in [2.05, 4.69) is 4.90 Å². The molecule has 0 N–H and O–H groups in total. The van der Waals surface area contributed by atoms with E-state index in [1.54, 1.807) is 29.2 Å². The Balaban J connectivity index is 1.16. The van der Waals surface area contributed by atoms with Gasteiger partial charge in [-0.2, -0.15) is 0 Å². The molecule has 0 bridgehead atoms. The third-order valence-corrected chi connectivity index (χ3v) is 6.21.